The van der Waals surface area contributed by atoms with E-state index in [0.717, 1.165) is 12.1 Å². The van der Waals surface area contributed by atoms with Gasteiger partial charge in [-0.1, -0.05) is 19.1 Å². The summed E-state index contributed by atoms with van der Waals surface area (Å²) in [6.07, 6.45) is 1.66. The molecule has 1 aromatic heterocycles. The van der Waals surface area contributed by atoms with Crippen molar-refractivity contribution in [3.63, 3.8) is 0 Å². The van der Waals surface area contributed by atoms with Gasteiger partial charge in [-0.05, 0) is 32.6 Å². The highest BCUT2D eigenvalue weighted by molar-refractivity contribution is 5.86. The molecule has 0 saturated heterocycles. The van der Waals surface area contributed by atoms with Crippen molar-refractivity contribution in [3.05, 3.63) is 11.4 Å². The Balaban J connectivity index is 2.99. The Morgan fingerprint density at radius 2 is 2.00 bits per heavy atom. The van der Waals surface area contributed by atoms with E-state index in [1.807, 2.05) is 13.8 Å². The lowest BCUT2D eigenvalue weighted by atomic mass is 10.1. The van der Waals surface area contributed by atoms with Crippen LogP contribution in [0, 0.1) is 5.92 Å². The Hall–Kier alpha value is -1.39. The molecule has 0 fully saturated rings. The first kappa shape index (κ1) is 12.7. The van der Waals surface area contributed by atoms with Crippen molar-refractivity contribution in [1.82, 2.24) is 15.0 Å². The standard InChI is InChI=1S/C11H19N3O2/c1-7(2)5-6-9-10(11(15)16)12-13-14(9)8(3)4/h7-8H,5-6H2,1-4H3,(H,15,16). The molecular weight excluding hydrogens is 206 g/mol. The molecule has 5 nitrogen and oxygen atoms in total. The predicted octanol–water partition coefficient (Wildman–Crippen LogP) is 2.15. The van der Waals surface area contributed by atoms with E-state index in [9.17, 15) is 4.79 Å². The maximum absolute atomic E-state index is 11.0. The molecule has 0 aromatic carbocycles. The molecule has 0 bridgehead atoms. The van der Waals surface area contributed by atoms with Crippen LogP contribution in [-0.2, 0) is 6.42 Å². The number of carbonyl (C=O) groups is 1. The second kappa shape index (κ2) is 5.09. The van der Waals surface area contributed by atoms with Crippen LogP contribution in [0.5, 0.6) is 0 Å². The molecule has 0 spiro atoms. The third-order valence-corrected chi connectivity index (χ3v) is 2.44. The van der Waals surface area contributed by atoms with E-state index < -0.39 is 5.97 Å². The molecule has 5 heteroatoms. The molecule has 1 N–H and O–H groups in total. The molecule has 1 rings (SSSR count). The Labute approximate surface area is 95.5 Å². The van der Waals surface area contributed by atoms with Gasteiger partial charge in [0, 0.05) is 6.04 Å². The van der Waals surface area contributed by atoms with Gasteiger partial charge in [0.25, 0.3) is 0 Å². The maximum Gasteiger partial charge on any atom is 0.358 e. The first-order valence-electron chi connectivity index (χ1n) is 5.60. The number of nitrogens with zero attached hydrogens (tertiary/aromatic N) is 3. The van der Waals surface area contributed by atoms with Gasteiger partial charge in [0.1, 0.15) is 0 Å². The van der Waals surface area contributed by atoms with E-state index >= 15 is 0 Å². The minimum Gasteiger partial charge on any atom is -0.476 e. The molecule has 0 aliphatic rings. The lowest BCUT2D eigenvalue weighted by Gasteiger charge is -2.11. The summed E-state index contributed by atoms with van der Waals surface area (Å²) in [6.45, 7) is 8.17. The zero-order valence-electron chi connectivity index (χ0n) is 10.3. The summed E-state index contributed by atoms with van der Waals surface area (Å²) in [7, 11) is 0. The normalized spacial score (nSPS) is 11.4. The number of rotatable bonds is 5. The second-order valence-electron chi connectivity index (χ2n) is 4.66. The highest BCUT2D eigenvalue weighted by Crippen LogP contribution is 2.16. The second-order valence-corrected chi connectivity index (χ2v) is 4.66. The lowest BCUT2D eigenvalue weighted by Crippen LogP contribution is -2.11. The number of carboxylic acid groups (broad SMARTS) is 1. The van der Waals surface area contributed by atoms with E-state index in [2.05, 4.69) is 24.2 Å². The fourth-order valence-electron chi connectivity index (χ4n) is 1.55. The average Bonchev–Trinajstić information content (AvgIpc) is 2.57. The first-order valence-corrected chi connectivity index (χ1v) is 5.60. The van der Waals surface area contributed by atoms with Crippen LogP contribution in [0.1, 0.15) is 56.3 Å². The summed E-state index contributed by atoms with van der Waals surface area (Å²) >= 11 is 0. The van der Waals surface area contributed by atoms with Gasteiger partial charge in [-0.25, -0.2) is 9.48 Å². The van der Waals surface area contributed by atoms with Crippen molar-refractivity contribution >= 4 is 5.97 Å². The number of aromatic carboxylic acids is 1. The van der Waals surface area contributed by atoms with Gasteiger partial charge in [-0.15, -0.1) is 5.10 Å². The Morgan fingerprint density at radius 3 is 2.44 bits per heavy atom. The zero-order chi connectivity index (χ0) is 12.3. The summed E-state index contributed by atoms with van der Waals surface area (Å²) in [6, 6.07) is 0.141. The number of hydrogen-bond donors (Lipinski definition) is 1. The van der Waals surface area contributed by atoms with Crippen LogP contribution < -0.4 is 0 Å². The molecular formula is C11H19N3O2. The minimum atomic E-state index is -0.995. The smallest absolute Gasteiger partial charge is 0.358 e. The molecule has 16 heavy (non-hydrogen) atoms. The fourth-order valence-corrected chi connectivity index (χ4v) is 1.55. The highest BCUT2D eigenvalue weighted by atomic mass is 16.4. The summed E-state index contributed by atoms with van der Waals surface area (Å²) < 4.78 is 1.70. The summed E-state index contributed by atoms with van der Waals surface area (Å²) in [5, 5.41) is 16.6. The van der Waals surface area contributed by atoms with Gasteiger partial charge in [-0.2, -0.15) is 0 Å². The average molecular weight is 225 g/mol. The van der Waals surface area contributed by atoms with Gasteiger partial charge >= 0.3 is 5.97 Å². The lowest BCUT2D eigenvalue weighted by molar-refractivity contribution is 0.0689. The molecule has 0 atom stereocenters. The fraction of sp³-hybridized carbons (Fsp3) is 0.727. The molecule has 0 radical (unpaired) electrons. The molecule has 0 amide bonds. The number of carboxylic acids is 1. The van der Waals surface area contributed by atoms with Crippen LogP contribution >= 0.6 is 0 Å². The molecule has 0 aliphatic carbocycles. The van der Waals surface area contributed by atoms with E-state index in [4.69, 9.17) is 5.11 Å². The predicted molar refractivity (Wildman–Crippen MR) is 60.5 cm³/mol. The monoisotopic (exact) mass is 225 g/mol. The van der Waals surface area contributed by atoms with E-state index in [-0.39, 0.29) is 11.7 Å². The van der Waals surface area contributed by atoms with E-state index in [1.165, 1.54) is 0 Å². The molecule has 0 unspecified atom stereocenters. The van der Waals surface area contributed by atoms with Gasteiger partial charge in [0.15, 0.2) is 5.69 Å². The topological polar surface area (TPSA) is 68.0 Å². The number of aromatic nitrogens is 3. The molecule has 90 valence electrons. The molecule has 0 saturated carbocycles. The van der Waals surface area contributed by atoms with Crippen LogP contribution in [0.25, 0.3) is 0 Å². The maximum atomic E-state index is 11.0. The number of hydrogen-bond acceptors (Lipinski definition) is 3. The minimum absolute atomic E-state index is 0.0920. The van der Waals surface area contributed by atoms with Crippen molar-refractivity contribution in [2.75, 3.05) is 0 Å². The highest BCUT2D eigenvalue weighted by Gasteiger charge is 2.20. The van der Waals surface area contributed by atoms with Gasteiger partial charge in [-0.3, -0.25) is 0 Å². The van der Waals surface area contributed by atoms with Crippen molar-refractivity contribution in [1.29, 1.82) is 0 Å². The summed E-state index contributed by atoms with van der Waals surface area (Å²) in [5.74, 6) is -0.456. The van der Waals surface area contributed by atoms with Crippen molar-refractivity contribution in [2.24, 2.45) is 5.92 Å². The van der Waals surface area contributed by atoms with Crippen LogP contribution in [0.2, 0.25) is 0 Å². The first-order chi connectivity index (χ1) is 7.43. The summed E-state index contributed by atoms with van der Waals surface area (Å²) in [4.78, 5) is 11.0. The van der Waals surface area contributed by atoms with Gasteiger partial charge in [0.05, 0.1) is 5.69 Å². The van der Waals surface area contributed by atoms with Gasteiger partial charge in [0.2, 0.25) is 0 Å². The van der Waals surface area contributed by atoms with E-state index in [0.29, 0.717) is 12.3 Å². The third kappa shape index (κ3) is 2.81. The quantitative estimate of drug-likeness (QED) is 0.833. The SMILES string of the molecule is CC(C)CCc1c(C(=O)O)nnn1C(C)C. The molecule has 0 aliphatic heterocycles. The Bertz CT molecular complexity index is 369. The van der Waals surface area contributed by atoms with Crippen molar-refractivity contribution < 1.29 is 9.90 Å². The largest absolute Gasteiger partial charge is 0.476 e. The third-order valence-electron chi connectivity index (χ3n) is 2.44. The molecule has 1 heterocycles. The van der Waals surface area contributed by atoms with Crippen LogP contribution in [0.4, 0.5) is 0 Å². The van der Waals surface area contributed by atoms with Crippen LogP contribution in [-0.4, -0.2) is 26.1 Å². The Morgan fingerprint density at radius 1 is 1.38 bits per heavy atom. The zero-order valence-corrected chi connectivity index (χ0v) is 10.3. The van der Waals surface area contributed by atoms with Crippen LogP contribution in [0.15, 0.2) is 0 Å². The van der Waals surface area contributed by atoms with Gasteiger partial charge < -0.3 is 5.11 Å². The van der Waals surface area contributed by atoms with Crippen LogP contribution in [0.3, 0.4) is 0 Å². The molecule has 1 aromatic rings. The summed E-state index contributed by atoms with van der Waals surface area (Å²) in [5.41, 5.74) is 0.825. The van der Waals surface area contributed by atoms with Crippen molar-refractivity contribution in [2.45, 2.75) is 46.6 Å². The Kier molecular flexibility index (Phi) is 4.04. The van der Waals surface area contributed by atoms with E-state index in [1.54, 1.807) is 4.68 Å². The van der Waals surface area contributed by atoms with Crippen molar-refractivity contribution in [3.8, 4) is 0 Å².